The molecule has 12 heterocycles. The third-order valence-electron chi connectivity index (χ3n) is 25.5. The lowest BCUT2D eigenvalue weighted by Crippen LogP contribution is -2.46. The molecule has 0 aromatic heterocycles. The highest BCUT2D eigenvalue weighted by molar-refractivity contribution is 5.86. The fourth-order valence-electron chi connectivity index (χ4n) is 18.7. The van der Waals surface area contributed by atoms with E-state index in [1.54, 1.807) is 28.5 Å². The summed E-state index contributed by atoms with van der Waals surface area (Å²) in [7, 11) is -10.5. The number of hydrogen-bond acceptors (Lipinski definition) is 24. The molecular formula is C117H168N6O18. The van der Waals surface area contributed by atoms with Gasteiger partial charge in [-0.25, -0.2) is 0 Å². The van der Waals surface area contributed by atoms with Gasteiger partial charge in [-0.1, -0.05) is 102 Å². The number of Topliss-reactive ketones (excluding diaryl/α,β-unsaturated/α-hetero) is 6. The van der Waals surface area contributed by atoms with Crippen LogP contribution in [0.1, 0.15) is 376 Å². The smallest absolute Gasteiger partial charge is 0.161 e. The highest BCUT2D eigenvalue weighted by Gasteiger charge is 2.47. The maximum atomic E-state index is 13.7. The zero-order valence-electron chi connectivity index (χ0n) is 150. The number of benzene rings is 6. The van der Waals surface area contributed by atoms with Crippen LogP contribution in [0.2, 0.25) is 0 Å². The molecule has 0 radical (unpaired) electrons. The first-order valence-electron chi connectivity index (χ1n) is 80.6. The number of rotatable bonds is 27. The number of ketones is 6. The summed E-state index contributed by atoms with van der Waals surface area (Å²) < 4.78 is 622. The van der Waals surface area contributed by atoms with E-state index < -0.39 is 353 Å². The molecular weight excluding hydrogens is 1780 g/mol. The molecule has 774 valence electrons. The topological polar surface area (TPSA) is 233 Å². The number of fused-ring (bicyclic) bond motifs is 18. The summed E-state index contributed by atoms with van der Waals surface area (Å²) in [4.78, 5) is 88.1. The molecule has 0 aliphatic carbocycles. The minimum absolute atomic E-state index is 0.0176. The number of carbonyl (C=O) groups excluding carboxylic acids is 6. The summed E-state index contributed by atoms with van der Waals surface area (Å²) in [5.41, 5.74) is 1.47. The van der Waals surface area contributed by atoms with Gasteiger partial charge in [0.05, 0.1) is 126 Å². The largest absolute Gasteiger partial charge is 0.493 e. The molecule has 0 N–H and O–H groups in total. The first-order chi connectivity index (χ1) is 94.5. The molecule has 18 rings (SSSR count). The van der Waals surface area contributed by atoms with Crippen molar-refractivity contribution >= 4 is 34.7 Å². The van der Waals surface area contributed by atoms with Gasteiger partial charge in [0.1, 0.15) is 34.7 Å². The summed E-state index contributed by atoms with van der Waals surface area (Å²) in [5.74, 6) is -33.3. The Labute approximate surface area is 939 Å². The fourth-order valence-corrected chi connectivity index (χ4v) is 18.7. The average Bonchev–Trinajstić information content (AvgIpc) is 0.676. The minimum atomic E-state index is -3.77. The summed E-state index contributed by atoms with van der Waals surface area (Å²) in [6, 6.07) is -11.6. The van der Waals surface area contributed by atoms with Crippen LogP contribution in [0.4, 0.5) is 0 Å². The Bertz CT molecular complexity index is 8640. The van der Waals surface area contributed by atoms with Gasteiger partial charge in [0.15, 0.2) is 69.0 Å². The number of carbonyl (C=O) groups is 6. The molecule has 6 aromatic carbocycles. The van der Waals surface area contributed by atoms with Crippen molar-refractivity contribution in [3.63, 3.8) is 0 Å². The number of ether oxygens (including phenoxy) is 12. The predicted octanol–water partition coefficient (Wildman–Crippen LogP) is 20.6. The monoisotopic (exact) mass is 2010 g/mol. The van der Waals surface area contributed by atoms with E-state index in [0.717, 1.165) is 43.0 Å². The van der Waals surface area contributed by atoms with Crippen LogP contribution in [0.3, 0.4) is 0 Å². The Morgan fingerprint density at radius 3 is 0.901 bits per heavy atom. The molecule has 141 heavy (non-hydrogen) atoms. The van der Waals surface area contributed by atoms with Crippen molar-refractivity contribution in [1.82, 2.24) is 29.4 Å². The molecule has 0 amide bonds. The SMILES string of the molecule is [2H]c1c2c(c([2H])c(OC)c1OC([2H])([2H])[2H])C1CC(=O)C(C([2H])([2H])C([2H])(C([2H])([2H])[2H])C([2H])([2H])C)C([2H])([2H])N1CC2.[2H]c1c2c(c([2H])c(OC)c1OC([2H])([2H])[2H])C1CC(=O)C(C([2H])([2H])C([2H])(C([2H])([2H])[2H])C([2H])([2H])C)CN1CC2.[2H]c1c2c(c([2H])c(OC)c1OC([2H])([2H])[2H])C1CC(=O)C(CC(C)C)C([2H])([2H])N1CC2.[2H]c1c2c(c([2H])c(OC)c1OC([2H])([2H])[2H])C1N(CC2)C([2H])([2H])C([2H])(CC(C)C)C(=O)C1([2H])[2H].[2H]c1c2c(c([2H])c(OC)c1OC([2H])([2H])[2H])C1N(CC2)CC([2H])(C([2H])([2H])C([2H])(C([2H])([2H])[2H])C([2H])([2H])C)C(=O)C1([2H])[2H].[2H]c1c2c(c([2H])c(OC)c1OC([2H])([2H])[2H])C1N(CC2)CC([2H])(CC(C)C)C(=O)C1([2H])[2H]. The van der Waals surface area contributed by atoms with Gasteiger partial charge in [-0.15, -0.1) is 0 Å². The van der Waals surface area contributed by atoms with E-state index >= 15 is 0 Å². The molecule has 24 nitrogen and oxygen atoms in total. The predicted molar refractivity (Wildman–Crippen MR) is 555 cm³/mol. The van der Waals surface area contributed by atoms with Crippen LogP contribution in [0, 0.1) is 70.9 Å². The molecule has 6 saturated heterocycles. The normalized spacial score (nSPS) is 37.6. The Morgan fingerprint density at radius 2 is 0.567 bits per heavy atom. The molecule has 0 bridgehead atoms. The quantitative estimate of drug-likeness (QED) is 0.0466. The van der Waals surface area contributed by atoms with Gasteiger partial charge < -0.3 is 56.8 Å². The van der Waals surface area contributed by atoms with Crippen molar-refractivity contribution in [1.29, 1.82) is 0 Å². The van der Waals surface area contributed by atoms with Gasteiger partial charge in [-0.3, -0.25) is 58.2 Å². The summed E-state index contributed by atoms with van der Waals surface area (Å²) in [5, 5.41) is 0. The molecule has 0 spiro atoms. The summed E-state index contributed by atoms with van der Waals surface area (Å²) in [6.07, 6.45) is -28.0. The van der Waals surface area contributed by atoms with E-state index in [4.69, 9.17) is 151 Å². The Hall–Kier alpha value is -9.30. The average molecular weight is 2020 g/mol. The zero-order valence-corrected chi connectivity index (χ0v) is 81.3. The van der Waals surface area contributed by atoms with E-state index in [0.29, 0.717) is 37.0 Å². The zero-order chi connectivity index (χ0) is 161. The van der Waals surface area contributed by atoms with E-state index in [2.05, 4.69) is 0 Å². The maximum absolute atomic E-state index is 13.7. The first-order valence-corrected chi connectivity index (χ1v) is 46.1. The highest BCUT2D eigenvalue weighted by Crippen LogP contribution is 2.51. The second kappa shape index (κ2) is 50.0. The molecule has 6 fully saturated rings. The van der Waals surface area contributed by atoms with Crippen molar-refractivity contribution in [2.75, 3.05) is 163 Å². The Balaban J connectivity index is 0.000000202. The molecule has 12 aliphatic rings. The second-order valence-corrected chi connectivity index (χ2v) is 35.9. The highest BCUT2D eigenvalue weighted by atomic mass is 16.5. The van der Waals surface area contributed by atoms with Crippen LogP contribution in [-0.4, -0.2) is 227 Å². The first kappa shape index (κ1) is 49.7. The van der Waals surface area contributed by atoms with Gasteiger partial charge in [-0.2, -0.15) is 0 Å². The second-order valence-electron chi connectivity index (χ2n) is 35.9. The van der Waals surface area contributed by atoms with Crippen molar-refractivity contribution in [2.24, 2.45) is 70.9 Å². The van der Waals surface area contributed by atoms with Crippen LogP contribution in [0.5, 0.6) is 69.0 Å². The maximum Gasteiger partial charge on any atom is 0.161 e. The van der Waals surface area contributed by atoms with Gasteiger partial charge in [0.2, 0.25) is 0 Å². The van der Waals surface area contributed by atoms with E-state index in [-0.39, 0.29) is 249 Å². The van der Waals surface area contributed by atoms with E-state index in [1.807, 2.05) is 27.7 Å². The molecule has 15 atom stereocenters. The van der Waals surface area contributed by atoms with Gasteiger partial charge in [-0.05, 0) is 252 Å². The van der Waals surface area contributed by atoms with Crippen molar-refractivity contribution in [3.05, 3.63) is 139 Å². The third kappa shape index (κ3) is 25.6. The van der Waals surface area contributed by atoms with Crippen molar-refractivity contribution < 1.29 is 180 Å². The molecule has 15 unspecified atom stereocenters. The van der Waals surface area contributed by atoms with Gasteiger partial charge in [0.25, 0.3) is 0 Å². The van der Waals surface area contributed by atoms with Crippen molar-refractivity contribution in [3.8, 4) is 69.0 Å². The van der Waals surface area contributed by atoms with E-state index in [1.165, 1.54) is 21.3 Å². The number of methoxy groups -OCH3 is 12. The van der Waals surface area contributed by atoms with Crippen LogP contribution in [-0.2, 0) is 67.3 Å². The Kier molecular flexibility index (Phi) is 17.6. The number of nitrogens with zero attached hydrogens (tertiary/aromatic N) is 6. The summed E-state index contributed by atoms with van der Waals surface area (Å²) in [6.45, 7) is -5.96. The summed E-state index contributed by atoms with van der Waals surface area (Å²) >= 11 is 0. The van der Waals surface area contributed by atoms with Crippen LogP contribution in [0.15, 0.2) is 72.5 Å². The van der Waals surface area contributed by atoms with Crippen LogP contribution in [0.25, 0.3) is 0 Å². The van der Waals surface area contributed by atoms with Crippen molar-refractivity contribution in [2.45, 2.75) is 254 Å². The van der Waals surface area contributed by atoms with Gasteiger partial charge in [0, 0.05) is 242 Å². The fraction of sp³-hybridized carbons (Fsp3) is 0.641. The lowest BCUT2D eigenvalue weighted by Gasteiger charge is -2.43. The Morgan fingerprint density at radius 1 is 0.312 bits per heavy atom. The third-order valence-corrected chi connectivity index (χ3v) is 25.5. The molecule has 0 saturated carbocycles. The van der Waals surface area contributed by atoms with Crippen LogP contribution >= 0.6 is 0 Å². The van der Waals surface area contributed by atoms with E-state index in [9.17, 15) is 28.8 Å². The number of hydrogen-bond donors (Lipinski definition) is 0. The lowest BCUT2D eigenvalue weighted by atomic mass is 9.79. The van der Waals surface area contributed by atoms with Gasteiger partial charge >= 0.3 is 0 Å². The minimum Gasteiger partial charge on any atom is -0.493 e. The molecule has 6 aromatic rings. The lowest BCUT2D eigenvalue weighted by molar-refractivity contribution is -0.130. The molecule has 12 aliphatic heterocycles. The number of piperidine rings is 6. The molecule has 24 heteroatoms. The standard InChI is InChI=1S/3C20H29NO3.3C19H27NO3/c3*1-5-13(2)8-15-12-21-7-6-14-9-19(23-3)20(24-4)10-16(14)17(21)11-18(15)22;3*1-12(2)7-14-11-20-6-5-13-8-18(22-3)19(23-4)9-15(13)16(20)10-17(14)21/h3*9-10,13,15,17H,5-8,11-12H2,1-4H3;3*8-9,12,14,16H,5-7,10-11H2,1-4H3/i2D3,3D3,5D2,8D2,9D,10D,11D2,13D,15D;2D3,3D3,5D2,8D2,9D,10D,12D2,13D;2D3,3D3,5D2,8D2,9D,10D,13D;3D3,8D,9D,10D2,11D2,14D;3D3,8D,9D,10D2,14D;3D3,8D,9D,11D2. The van der Waals surface area contributed by atoms with Crippen LogP contribution < -0.4 is 56.8 Å².